The zero-order valence-corrected chi connectivity index (χ0v) is 16.8. The second-order valence-corrected chi connectivity index (χ2v) is 8.39. The first-order valence-electron chi connectivity index (χ1n) is 9.15. The molecule has 2 atom stereocenters. The highest BCUT2D eigenvalue weighted by Crippen LogP contribution is 2.20. The van der Waals surface area contributed by atoms with Gasteiger partial charge < -0.3 is 11.1 Å². The maximum Gasteiger partial charge on any atom is 0.243 e. The van der Waals surface area contributed by atoms with E-state index in [9.17, 15) is 13.2 Å². The van der Waals surface area contributed by atoms with Gasteiger partial charge in [-0.05, 0) is 42.3 Å². The molecule has 0 aliphatic carbocycles. The molecule has 0 heterocycles. The molecule has 4 N–H and O–H groups in total. The van der Waals surface area contributed by atoms with E-state index in [1.807, 2.05) is 37.3 Å². The summed E-state index contributed by atoms with van der Waals surface area (Å²) in [6.07, 6.45) is 0. The van der Waals surface area contributed by atoms with Gasteiger partial charge in [-0.3, -0.25) is 4.79 Å². The van der Waals surface area contributed by atoms with Crippen molar-refractivity contribution >= 4 is 21.6 Å². The van der Waals surface area contributed by atoms with Crippen molar-refractivity contribution in [1.82, 2.24) is 10.0 Å². The molecule has 7 heteroatoms. The molecule has 0 aliphatic heterocycles. The van der Waals surface area contributed by atoms with Gasteiger partial charge in [0.15, 0.2) is 0 Å². The zero-order valence-electron chi connectivity index (χ0n) is 15.9. The number of hydrogen-bond donors (Lipinski definition) is 3. The number of carbonyl (C=O) groups is 1. The van der Waals surface area contributed by atoms with Crippen LogP contribution >= 0.6 is 0 Å². The lowest BCUT2D eigenvalue weighted by atomic mass is 10.1. The third kappa shape index (κ3) is 5.22. The number of nitrogens with two attached hydrogens (primary N) is 1. The van der Waals surface area contributed by atoms with Crippen LogP contribution in [-0.4, -0.2) is 14.3 Å². The Bertz CT molecular complexity index is 1050. The highest BCUT2D eigenvalue weighted by Gasteiger charge is 2.28. The quantitative estimate of drug-likeness (QED) is 0.522. The van der Waals surface area contributed by atoms with E-state index in [0.29, 0.717) is 11.3 Å². The highest BCUT2D eigenvalue weighted by atomic mass is 32.2. The molecule has 1 amide bonds. The number of nitrogens with one attached hydrogen (secondary N) is 2. The van der Waals surface area contributed by atoms with Crippen molar-refractivity contribution in [2.24, 2.45) is 0 Å². The predicted molar refractivity (Wildman–Crippen MR) is 113 cm³/mol. The molecule has 0 saturated heterocycles. The Morgan fingerprint density at radius 2 is 1.34 bits per heavy atom. The van der Waals surface area contributed by atoms with E-state index in [-0.39, 0.29) is 10.9 Å². The minimum atomic E-state index is -3.94. The second-order valence-electron chi connectivity index (χ2n) is 6.67. The van der Waals surface area contributed by atoms with Crippen molar-refractivity contribution in [1.29, 1.82) is 0 Å². The van der Waals surface area contributed by atoms with E-state index in [4.69, 9.17) is 5.73 Å². The normalized spacial score (nSPS) is 13.4. The van der Waals surface area contributed by atoms with Gasteiger partial charge in [0.25, 0.3) is 0 Å². The van der Waals surface area contributed by atoms with Gasteiger partial charge in [0.05, 0.1) is 10.9 Å². The van der Waals surface area contributed by atoms with Crippen LogP contribution in [-0.2, 0) is 14.8 Å². The van der Waals surface area contributed by atoms with Crippen LogP contribution in [0.1, 0.15) is 30.1 Å². The fourth-order valence-corrected chi connectivity index (χ4v) is 4.09. The van der Waals surface area contributed by atoms with Gasteiger partial charge in [0, 0.05) is 5.69 Å². The molecule has 3 aromatic carbocycles. The Morgan fingerprint density at radius 3 is 1.90 bits per heavy atom. The summed E-state index contributed by atoms with van der Waals surface area (Å²) in [5.74, 6) is -0.438. The average Bonchev–Trinajstić information content (AvgIpc) is 2.73. The van der Waals surface area contributed by atoms with E-state index in [0.717, 1.165) is 5.56 Å². The predicted octanol–water partition coefficient (Wildman–Crippen LogP) is 3.17. The maximum atomic E-state index is 13.0. The lowest BCUT2D eigenvalue weighted by Crippen LogP contribution is -2.41. The Kier molecular flexibility index (Phi) is 6.31. The van der Waals surface area contributed by atoms with E-state index in [1.54, 1.807) is 30.3 Å². The van der Waals surface area contributed by atoms with E-state index in [2.05, 4.69) is 10.0 Å². The van der Waals surface area contributed by atoms with Crippen molar-refractivity contribution in [3.63, 3.8) is 0 Å². The first-order chi connectivity index (χ1) is 13.9. The van der Waals surface area contributed by atoms with Crippen LogP contribution < -0.4 is 15.8 Å². The van der Waals surface area contributed by atoms with Gasteiger partial charge in [0.1, 0.15) is 6.04 Å². The fraction of sp³-hybridized carbons (Fsp3) is 0.136. The zero-order chi connectivity index (χ0) is 20.9. The molecule has 0 aliphatic rings. The van der Waals surface area contributed by atoms with E-state index < -0.39 is 22.0 Å². The minimum Gasteiger partial charge on any atom is -0.399 e. The minimum absolute atomic E-state index is 0.0385. The summed E-state index contributed by atoms with van der Waals surface area (Å²) >= 11 is 0. The molecule has 3 rings (SSSR count). The van der Waals surface area contributed by atoms with Crippen LogP contribution in [0.2, 0.25) is 0 Å². The van der Waals surface area contributed by atoms with Crippen molar-refractivity contribution in [2.45, 2.75) is 23.9 Å². The smallest absolute Gasteiger partial charge is 0.243 e. The Balaban J connectivity index is 1.87. The average molecular weight is 410 g/mol. The lowest BCUT2D eigenvalue weighted by molar-refractivity contribution is -0.123. The van der Waals surface area contributed by atoms with Crippen molar-refractivity contribution < 1.29 is 13.2 Å². The summed E-state index contributed by atoms with van der Waals surface area (Å²) in [6, 6.07) is 22.7. The molecule has 0 aromatic heterocycles. The Labute approximate surface area is 170 Å². The molecule has 3 aromatic rings. The number of nitrogen functional groups attached to an aromatic ring is 1. The number of benzene rings is 3. The van der Waals surface area contributed by atoms with Gasteiger partial charge in [-0.15, -0.1) is 0 Å². The lowest BCUT2D eigenvalue weighted by Gasteiger charge is -2.22. The number of hydrogen-bond acceptors (Lipinski definition) is 4. The van der Waals surface area contributed by atoms with Gasteiger partial charge in [-0.25, -0.2) is 8.42 Å². The largest absolute Gasteiger partial charge is 0.399 e. The van der Waals surface area contributed by atoms with Crippen LogP contribution in [0.4, 0.5) is 5.69 Å². The van der Waals surface area contributed by atoms with Crippen LogP contribution in [0.25, 0.3) is 0 Å². The topological polar surface area (TPSA) is 101 Å². The first-order valence-corrected chi connectivity index (χ1v) is 10.6. The fourth-order valence-electron chi connectivity index (χ4n) is 2.91. The summed E-state index contributed by atoms with van der Waals surface area (Å²) in [7, 11) is -3.94. The monoisotopic (exact) mass is 409 g/mol. The molecule has 2 unspecified atom stereocenters. The number of rotatable bonds is 7. The molecule has 0 saturated carbocycles. The summed E-state index contributed by atoms with van der Waals surface area (Å²) in [5, 5.41) is 2.89. The van der Waals surface area contributed by atoms with Crippen molar-refractivity contribution in [2.75, 3.05) is 5.73 Å². The standard InChI is InChI=1S/C22H23N3O3S/c1-16(17-8-4-2-5-9-17)24-22(26)21(18-10-6-3-7-11-18)25-29(27,28)20-14-12-19(23)13-15-20/h2-16,21,25H,23H2,1H3,(H,24,26). The van der Waals surface area contributed by atoms with E-state index in [1.165, 1.54) is 24.3 Å². The summed E-state index contributed by atoms with van der Waals surface area (Å²) in [5.41, 5.74) is 7.57. The number of carbonyl (C=O) groups excluding carboxylic acids is 1. The maximum absolute atomic E-state index is 13.0. The summed E-state index contributed by atoms with van der Waals surface area (Å²) in [6.45, 7) is 1.85. The van der Waals surface area contributed by atoms with Crippen molar-refractivity contribution in [3.05, 3.63) is 96.1 Å². The molecule has 0 spiro atoms. The Hall–Kier alpha value is -3.16. The molecular formula is C22H23N3O3S. The molecule has 0 radical (unpaired) electrons. The third-order valence-electron chi connectivity index (χ3n) is 4.52. The molecule has 29 heavy (non-hydrogen) atoms. The summed E-state index contributed by atoms with van der Waals surface area (Å²) < 4.78 is 28.2. The number of amides is 1. The molecule has 6 nitrogen and oxygen atoms in total. The second kappa shape index (κ2) is 8.89. The summed E-state index contributed by atoms with van der Waals surface area (Å²) in [4.78, 5) is 13.1. The van der Waals surface area contributed by atoms with Gasteiger partial charge >= 0.3 is 0 Å². The Morgan fingerprint density at radius 1 is 0.828 bits per heavy atom. The number of sulfonamides is 1. The van der Waals surface area contributed by atoms with Crippen LogP contribution in [0.3, 0.4) is 0 Å². The third-order valence-corrected chi connectivity index (χ3v) is 5.96. The molecule has 0 bridgehead atoms. The van der Waals surface area contributed by atoms with Gasteiger partial charge in [-0.1, -0.05) is 60.7 Å². The van der Waals surface area contributed by atoms with Crippen molar-refractivity contribution in [3.8, 4) is 0 Å². The van der Waals surface area contributed by atoms with E-state index >= 15 is 0 Å². The van der Waals surface area contributed by atoms with Gasteiger partial charge in [-0.2, -0.15) is 4.72 Å². The van der Waals surface area contributed by atoms with Gasteiger partial charge in [0.2, 0.25) is 15.9 Å². The SMILES string of the molecule is CC(NC(=O)C(NS(=O)(=O)c1ccc(N)cc1)c1ccccc1)c1ccccc1. The molecule has 0 fully saturated rings. The molecular weight excluding hydrogens is 386 g/mol. The molecule has 150 valence electrons. The van der Waals surface area contributed by atoms with Crippen LogP contribution in [0, 0.1) is 0 Å². The number of anilines is 1. The highest BCUT2D eigenvalue weighted by molar-refractivity contribution is 7.89. The van der Waals surface area contributed by atoms with Crippen LogP contribution in [0.5, 0.6) is 0 Å². The first kappa shape index (κ1) is 20.6. The van der Waals surface area contributed by atoms with Crippen LogP contribution in [0.15, 0.2) is 89.8 Å².